The SMILES string of the molecule is CC(CCNCCc1ccccc1)NC(=O)OC(C)(C)C. The van der Waals surface area contributed by atoms with Gasteiger partial charge in [0.05, 0.1) is 0 Å². The molecular weight excluding hydrogens is 264 g/mol. The number of hydrogen-bond acceptors (Lipinski definition) is 3. The third-order valence-electron chi connectivity index (χ3n) is 2.95. The smallest absolute Gasteiger partial charge is 0.407 e. The first kappa shape index (κ1) is 17.5. The highest BCUT2D eigenvalue weighted by molar-refractivity contribution is 5.67. The van der Waals surface area contributed by atoms with E-state index in [4.69, 9.17) is 4.74 Å². The van der Waals surface area contributed by atoms with E-state index in [1.54, 1.807) is 0 Å². The summed E-state index contributed by atoms with van der Waals surface area (Å²) in [7, 11) is 0. The van der Waals surface area contributed by atoms with Crippen molar-refractivity contribution in [3.8, 4) is 0 Å². The summed E-state index contributed by atoms with van der Waals surface area (Å²) in [5.41, 5.74) is 0.891. The molecule has 0 heterocycles. The third-order valence-corrected chi connectivity index (χ3v) is 2.95. The summed E-state index contributed by atoms with van der Waals surface area (Å²) in [5, 5.41) is 6.24. The molecule has 1 atom stereocenters. The van der Waals surface area contributed by atoms with Gasteiger partial charge in [-0.1, -0.05) is 30.3 Å². The predicted molar refractivity (Wildman–Crippen MR) is 86.5 cm³/mol. The fourth-order valence-electron chi connectivity index (χ4n) is 1.90. The molecule has 4 nitrogen and oxygen atoms in total. The van der Waals surface area contributed by atoms with Gasteiger partial charge in [-0.3, -0.25) is 0 Å². The molecule has 0 fully saturated rings. The molecule has 0 aliphatic carbocycles. The van der Waals surface area contributed by atoms with Crippen LogP contribution in [0.5, 0.6) is 0 Å². The average Bonchev–Trinajstić information content (AvgIpc) is 2.37. The van der Waals surface area contributed by atoms with Gasteiger partial charge in [0.25, 0.3) is 0 Å². The summed E-state index contributed by atoms with van der Waals surface area (Å²) >= 11 is 0. The molecule has 1 aromatic carbocycles. The molecule has 0 aliphatic rings. The van der Waals surface area contributed by atoms with Gasteiger partial charge in [0.1, 0.15) is 5.60 Å². The maximum absolute atomic E-state index is 11.6. The van der Waals surface area contributed by atoms with Crippen molar-refractivity contribution in [1.29, 1.82) is 0 Å². The molecule has 4 heteroatoms. The molecule has 118 valence electrons. The lowest BCUT2D eigenvalue weighted by molar-refractivity contribution is 0.0506. The highest BCUT2D eigenvalue weighted by Crippen LogP contribution is 2.07. The Kier molecular flexibility index (Phi) is 7.23. The molecule has 1 amide bonds. The van der Waals surface area contributed by atoms with Crippen LogP contribution in [0.4, 0.5) is 4.79 Å². The van der Waals surface area contributed by atoms with Crippen LogP contribution in [0.15, 0.2) is 30.3 Å². The molecule has 2 N–H and O–H groups in total. The van der Waals surface area contributed by atoms with Gasteiger partial charge < -0.3 is 15.4 Å². The van der Waals surface area contributed by atoms with Gasteiger partial charge in [-0.05, 0) is 59.2 Å². The minimum Gasteiger partial charge on any atom is -0.444 e. The van der Waals surface area contributed by atoms with E-state index < -0.39 is 5.60 Å². The first-order chi connectivity index (χ1) is 9.87. The molecule has 0 saturated carbocycles. The Hall–Kier alpha value is -1.55. The number of ether oxygens (including phenoxy) is 1. The van der Waals surface area contributed by atoms with Crippen LogP contribution in [-0.2, 0) is 11.2 Å². The molecule has 1 unspecified atom stereocenters. The quantitative estimate of drug-likeness (QED) is 0.759. The predicted octanol–water partition coefficient (Wildman–Crippen LogP) is 3.12. The van der Waals surface area contributed by atoms with Crippen molar-refractivity contribution in [3.05, 3.63) is 35.9 Å². The maximum Gasteiger partial charge on any atom is 0.407 e. The van der Waals surface area contributed by atoms with E-state index in [0.717, 1.165) is 25.9 Å². The Labute approximate surface area is 128 Å². The van der Waals surface area contributed by atoms with Crippen LogP contribution < -0.4 is 10.6 Å². The second kappa shape index (κ2) is 8.67. The molecule has 1 rings (SSSR count). The number of alkyl carbamates (subject to hydrolysis) is 1. The highest BCUT2D eigenvalue weighted by Gasteiger charge is 2.17. The van der Waals surface area contributed by atoms with Crippen molar-refractivity contribution in [3.63, 3.8) is 0 Å². The molecule has 0 aromatic heterocycles. The van der Waals surface area contributed by atoms with Crippen molar-refractivity contribution in [1.82, 2.24) is 10.6 Å². The minimum atomic E-state index is -0.447. The molecule has 0 radical (unpaired) electrons. The fourth-order valence-corrected chi connectivity index (χ4v) is 1.90. The van der Waals surface area contributed by atoms with Crippen molar-refractivity contribution < 1.29 is 9.53 Å². The monoisotopic (exact) mass is 292 g/mol. The summed E-state index contributed by atoms with van der Waals surface area (Å²) in [6.45, 7) is 9.41. The van der Waals surface area contributed by atoms with Gasteiger partial charge in [0.15, 0.2) is 0 Å². The van der Waals surface area contributed by atoms with Crippen LogP contribution in [0, 0.1) is 0 Å². The van der Waals surface area contributed by atoms with E-state index in [1.165, 1.54) is 5.56 Å². The first-order valence-electron chi connectivity index (χ1n) is 7.61. The Morgan fingerprint density at radius 1 is 1.19 bits per heavy atom. The third kappa shape index (κ3) is 9.08. The zero-order valence-electron chi connectivity index (χ0n) is 13.6. The van der Waals surface area contributed by atoms with E-state index in [2.05, 4.69) is 34.9 Å². The highest BCUT2D eigenvalue weighted by atomic mass is 16.6. The van der Waals surface area contributed by atoms with Crippen LogP contribution in [0.2, 0.25) is 0 Å². The second-order valence-corrected chi connectivity index (χ2v) is 6.32. The van der Waals surface area contributed by atoms with Crippen molar-refractivity contribution in [2.45, 2.75) is 52.2 Å². The first-order valence-corrected chi connectivity index (χ1v) is 7.61. The lowest BCUT2D eigenvalue weighted by Gasteiger charge is -2.22. The van der Waals surface area contributed by atoms with Gasteiger partial charge in [-0.25, -0.2) is 4.79 Å². The van der Waals surface area contributed by atoms with Gasteiger partial charge in [-0.2, -0.15) is 0 Å². The lowest BCUT2D eigenvalue weighted by Crippen LogP contribution is -2.39. The van der Waals surface area contributed by atoms with Crippen LogP contribution in [0.1, 0.15) is 39.7 Å². The molecule has 0 spiro atoms. The average molecular weight is 292 g/mol. The Balaban J connectivity index is 2.08. The molecule has 0 saturated heterocycles. The normalized spacial score (nSPS) is 12.8. The van der Waals surface area contributed by atoms with Crippen LogP contribution in [-0.4, -0.2) is 30.8 Å². The van der Waals surface area contributed by atoms with Gasteiger partial charge >= 0.3 is 6.09 Å². The summed E-state index contributed by atoms with van der Waals surface area (Å²) in [6, 6.07) is 10.5. The summed E-state index contributed by atoms with van der Waals surface area (Å²) < 4.78 is 5.22. The lowest BCUT2D eigenvalue weighted by atomic mass is 10.1. The zero-order chi connectivity index (χ0) is 15.7. The summed E-state index contributed by atoms with van der Waals surface area (Å²) in [4.78, 5) is 11.6. The zero-order valence-corrected chi connectivity index (χ0v) is 13.6. The number of nitrogens with one attached hydrogen (secondary N) is 2. The molecule has 0 bridgehead atoms. The standard InChI is InChI=1S/C17H28N2O2/c1-14(19-16(20)21-17(2,3)4)10-12-18-13-11-15-8-6-5-7-9-15/h5-9,14,18H,10-13H2,1-4H3,(H,19,20). The van der Waals surface area contributed by atoms with E-state index in [-0.39, 0.29) is 12.1 Å². The minimum absolute atomic E-state index is 0.101. The largest absolute Gasteiger partial charge is 0.444 e. The maximum atomic E-state index is 11.6. The number of hydrogen-bond donors (Lipinski definition) is 2. The molecular formula is C17H28N2O2. The Bertz CT molecular complexity index is 413. The molecule has 0 aliphatic heterocycles. The van der Waals surface area contributed by atoms with Crippen LogP contribution in [0.3, 0.4) is 0 Å². The van der Waals surface area contributed by atoms with E-state index in [1.807, 2.05) is 33.8 Å². The Morgan fingerprint density at radius 2 is 1.86 bits per heavy atom. The van der Waals surface area contributed by atoms with E-state index in [9.17, 15) is 4.79 Å². The van der Waals surface area contributed by atoms with Crippen molar-refractivity contribution in [2.24, 2.45) is 0 Å². The number of carbonyl (C=O) groups is 1. The summed E-state index contributed by atoms with van der Waals surface area (Å²) in [6.07, 6.45) is 1.56. The number of benzene rings is 1. The number of rotatable bonds is 7. The van der Waals surface area contributed by atoms with Gasteiger partial charge in [0.2, 0.25) is 0 Å². The van der Waals surface area contributed by atoms with Crippen molar-refractivity contribution in [2.75, 3.05) is 13.1 Å². The fraction of sp³-hybridized carbons (Fsp3) is 0.588. The van der Waals surface area contributed by atoms with Crippen LogP contribution in [0.25, 0.3) is 0 Å². The number of carbonyl (C=O) groups excluding carboxylic acids is 1. The van der Waals surface area contributed by atoms with Gasteiger partial charge in [0, 0.05) is 6.04 Å². The van der Waals surface area contributed by atoms with Crippen LogP contribution >= 0.6 is 0 Å². The second-order valence-electron chi connectivity index (χ2n) is 6.32. The Morgan fingerprint density at radius 3 is 2.48 bits per heavy atom. The van der Waals surface area contributed by atoms with E-state index in [0.29, 0.717) is 0 Å². The number of amides is 1. The topological polar surface area (TPSA) is 50.4 Å². The summed E-state index contributed by atoms with van der Waals surface area (Å²) in [5.74, 6) is 0. The van der Waals surface area contributed by atoms with E-state index >= 15 is 0 Å². The van der Waals surface area contributed by atoms with Gasteiger partial charge in [-0.15, -0.1) is 0 Å². The molecule has 21 heavy (non-hydrogen) atoms. The molecule has 1 aromatic rings. The van der Waals surface area contributed by atoms with Crippen molar-refractivity contribution >= 4 is 6.09 Å².